The summed E-state index contributed by atoms with van der Waals surface area (Å²) in [4.78, 5) is 17.1. The third-order valence-corrected chi connectivity index (χ3v) is 4.76. The SMILES string of the molecule is CC(C)c1ccc2nc(NC(=O)CC(C)(C)C)n(C3CCC3)c2c1. The molecule has 0 unspecified atom stereocenters. The number of hydrogen-bond acceptors (Lipinski definition) is 2. The second-order valence-electron chi connectivity index (χ2n) is 8.58. The van der Waals surface area contributed by atoms with E-state index in [1.165, 1.54) is 24.8 Å². The standard InChI is InChI=1S/C20H29N3O/c1-13(2)14-9-10-16-17(11-14)23(15-7-6-8-15)19(21-16)22-18(24)12-20(3,4)5/h9-11,13,15H,6-8,12H2,1-5H3,(H,21,22,24). The van der Waals surface area contributed by atoms with Crippen molar-refractivity contribution in [2.24, 2.45) is 5.41 Å². The Kier molecular flexibility index (Phi) is 4.41. The predicted molar refractivity (Wildman–Crippen MR) is 99.4 cm³/mol. The van der Waals surface area contributed by atoms with Crippen molar-refractivity contribution in [3.05, 3.63) is 23.8 Å². The normalized spacial score (nSPS) is 15.8. The lowest BCUT2D eigenvalue weighted by atomic mass is 9.92. The molecule has 2 aromatic rings. The van der Waals surface area contributed by atoms with Gasteiger partial charge >= 0.3 is 0 Å². The van der Waals surface area contributed by atoms with Crippen molar-refractivity contribution in [3.8, 4) is 0 Å². The summed E-state index contributed by atoms with van der Waals surface area (Å²) in [6.07, 6.45) is 4.08. The van der Waals surface area contributed by atoms with E-state index in [-0.39, 0.29) is 11.3 Å². The number of fused-ring (bicyclic) bond motifs is 1. The molecule has 0 bridgehead atoms. The summed E-state index contributed by atoms with van der Waals surface area (Å²) < 4.78 is 2.26. The quantitative estimate of drug-likeness (QED) is 0.832. The lowest BCUT2D eigenvalue weighted by molar-refractivity contribution is -0.117. The molecule has 1 N–H and O–H groups in total. The number of rotatable bonds is 4. The van der Waals surface area contributed by atoms with Gasteiger partial charge in [0.05, 0.1) is 11.0 Å². The van der Waals surface area contributed by atoms with Crippen molar-refractivity contribution in [1.29, 1.82) is 0 Å². The maximum absolute atomic E-state index is 12.4. The number of hydrogen-bond donors (Lipinski definition) is 1. The monoisotopic (exact) mass is 327 g/mol. The first kappa shape index (κ1) is 17.0. The van der Waals surface area contributed by atoms with E-state index in [1.807, 2.05) is 0 Å². The van der Waals surface area contributed by atoms with Crippen LogP contribution in [0.2, 0.25) is 0 Å². The number of benzene rings is 1. The van der Waals surface area contributed by atoms with Crippen LogP contribution in [0.25, 0.3) is 11.0 Å². The summed E-state index contributed by atoms with van der Waals surface area (Å²) in [6.45, 7) is 10.7. The summed E-state index contributed by atoms with van der Waals surface area (Å²) in [5, 5.41) is 3.07. The fourth-order valence-electron chi connectivity index (χ4n) is 3.22. The topological polar surface area (TPSA) is 46.9 Å². The molecule has 1 aromatic carbocycles. The Balaban J connectivity index is 1.98. The molecule has 1 heterocycles. The van der Waals surface area contributed by atoms with Crippen molar-refractivity contribution in [2.45, 2.75) is 72.3 Å². The van der Waals surface area contributed by atoms with Crippen LogP contribution in [-0.2, 0) is 4.79 Å². The van der Waals surface area contributed by atoms with E-state index in [0.717, 1.165) is 11.0 Å². The molecule has 1 saturated carbocycles. The third-order valence-electron chi connectivity index (χ3n) is 4.76. The highest BCUT2D eigenvalue weighted by atomic mass is 16.1. The fraction of sp³-hybridized carbons (Fsp3) is 0.600. The van der Waals surface area contributed by atoms with Crippen LogP contribution in [0.15, 0.2) is 18.2 Å². The Bertz CT molecular complexity index is 748. The van der Waals surface area contributed by atoms with Crippen molar-refractivity contribution in [2.75, 3.05) is 5.32 Å². The van der Waals surface area contributed by atoms with Gasteiger partial charge < -0.3 is 4.57 Å². The number of imidazole rings is 1. The molecule has 4 nitrogen and oxygen atoms in total. The van der Waals surface area contributed by atoms with Gasteiger partial charge in [-0.25, -0.2) is 4.98 Å². The maximum Gasteiger partial charge on any atom is 0.227 e. The lowest BCUT2D eigenvalue weighted by Crippen LogP contribution is -2.24. The van der Waals surface area contributed by atoms with Crippen molar-refractivity contribution in [1.82, 2.24) is 9.55 Å². The predicted octanol–water partition coefficient (Wildman–Crippen LogP) is 5.26. The van der Waals surface area contributed by atoms with Crippen LogP contribution >= 0.6 is 0 Å². The first-order valence-corrected chi connectivity index (χ1v) is 9.06. The minimum atomic E-state index is -0.0256. The summed E-state index contributed by atoms with van der Waals surface area (Å²) >= 11 is 0. The highest BCUT2D eigenvalue weighted by Gasteiger charge is 2.26. The Morgan fingerprint density at radius 2 is 2.04 bits per heavy atom. The molecule has 4 heteroatoms. The molecule has 1 aromatic heterocycles. The van der Waals surface area contributed by atoms with Gasteiger partial charge in [0.1, 0.15) is 0 Å². The molecule has 130 valence electrons. The second kappa shape index (κ2) is 6.23. The minimum absolute atomic E-state index is 0.0256. The van der Waals surface area contributed by atoms with Crippen LogP contribution in [0.5, 0.6) is 0 Å². The molecule has 0 spiro atoms. The van der Waals surface area contributed by atoms with Crippen LogP contribution in [0.1, 0.15) is 77.8 Å². The van der Waals surface area contributed by atoms with Gasteiger partial charge in [0.25, 0.3) is 0 Å². The van der Waals surface area contributed by atoms with Gasteiger partial charge in [-0.05, 0) is 48.3 Å². The Labute approximate surface area is 144 Å². The summed E-state index contributed by atoms with van der Waals surface area (Å²) in [5.41, 5.74) is 3.41. The zero-order valence-electron chi connectivity index (χ0n) is 15.5. The molecule has 3 rings (SSSR count). The van der Waals surface area contributed by atoms with Crippen LogP contribution < -0.4 is 5.32 Å². The second-order valence-corrected chi connectivity index (χ2v) is 8.58. The Morgan fingerprint density at radius 1 is 1.33 bits per heavy atom. The van der Waals surface area contributed by atoms with E-state index in [0.29, 0.717) is 24.3 Å². The van der Waals surface area contributed by atoms with Crippen LogP contribution in [-0.4, -0.2) is 15.5 Å². The highest BCUT2D eigenvalue weighted by Crippen LogP contribution is 2.38. The molecule has 0 atom stereocenters. The average Bonchev–Trinajstić information content (AvgIpc) is 2.72. The largest absolute Gasteiger partial charge is 0.307 e. The maximum atomic E-state index is 12.4. The molecule has 24 heavy (non-hydrogen) atoms. The van der Waals surface area contributed by atoms with Gasteiger partial charge in [-0.2, -0.15) is 0 Å². The summed E-state index contributed by atoms with van der Waals surface area (Å²) in [7, 11) is 0. The number of carbonyl (C=O) groups is 1. The van der Waals surface area contributed by atoms with Crippen molar-refractivity contribution < 1.29 is 4.79 Å². The zero-order valence-corrected chi connectivity index (χ0v) is 15.5. The molecule has 0 aliphatic heterocycles. The minimum Gasteiger partial charge on any atom is -0.307 e. The molecular formula is C20H29N3O. The average molecular weight is 327 g/mol. The van der Waals surface area contributed by atoms with E-state index >= 15 is 0 Å². The number of nitrogens with one attached hydrogen (secondary N) is 1. The van der Waals surface area contributed by atoms with Gasteiger partial charge in [-0.1, -0.05) is 40.7 Å². The van der Waals surface area contributed by atoms with Crippen molar-refractivity contribution >= 4 is 22.9 Å². The first-order valence-electron chi connectivity index (χ1n) is 9.06. The molecule has 1 fully saturated rings. The van der Waals surface area contributed by atoms with Crippen molar-refractivity contribution in [3.63, 3.8) is 0 Å². The van der Waals surface area contributed by atoms with Gasteiger partial charge in [-0.3, -0.25) is 10.1 Å². The summed E-state index contributed by atoms with van der Waals surface area (Å²) in [5.74, 6) is 1.24. The molecule has 1 amide bonds. The third kappa shape index (κ3) is 3.47. The molecule has 0 saturated heterocycles. The molecule has 0 radical (unpaired) electrons. The van der Waals surface area contributed by atoms with E-state index in [2.05, 4.69) is 62.7 Å². The lowest BCUT2D eigenvalue weighted by Gasteiger charge is -2.29. The van der Waals surface area contributed by atoms with Crippen LogP contribution in [0, 0.1) is 5.41 Å². The number of carbonyl (C=O) groups excluding carboxylic acids is 1. The number of aromatic nitrogens is 2. The van der Waals surface area contributed by atoms with Gasteiger partial charge in [-0.15, -0.1) is 0 Å². The first-order chi connectivity index (χ1) is 11.2. The van der Waals surface area contributed by atoms with Gasteiger partial charge in [0.15, 0.2) is 0 Å². The zero-order chi connectivity index (χ0) is 17.5. The number of amides is 1. The highest BCUT2D eigenvalue weighted by molar-refractivity contribution is 5.92. The van der Waals surface area contributed by atoms with E-state index in [9.17, 15) is 4.79 Å². The van der Waals surface area contributed by atoms with E-state index in [1.54, 1.807) is 0 Å². The summed E-state index contributed by atoms with van der Waals surface area (Å²) in [6, 6.07) is 6.93. The van der Waals surface area contributed by atoms with E-state index in [4.69, 9.17) is 4.98 Å². The fourth-order valence-corrected chi connectivity index (χ4v) is 3.22. The number of anilines is 1. The molecule has 1 aliphatic carbocycles. The van der Waals surface area contributed by atoms with Gasteiger partial charge in [0.2, 0.25) is 11.9 Å². The van der Waals surface area contributed by atoms with Gasteiger partial charge in [0, 0.05) is 12.5 Å². The number of nitrogens with zero attached hydrogens (tertiary/aromatic N) is 2. The Hall–Kier alpha value is -1.84. The van der Waals surface area contributed by atoms with E-state index < -0.39 is 0 Å². The van der Waals surface area contributed by atoms with Crippen LogP contribution in [0.4, 0.5) is 5.95 Å². The van der Waals surface area contributed by atoms with Crippen LogP contribution in [0.3, 0.4) is 0 Å². The smallest absolute Gasteiger partial charge is 0.227 e. The molecular weight excluding hydrogens is 298 g/mol. The molecule has 1 aliphatic rings. The Morgan fingerprint density at radius 3 is 2.58 bits per heavy atom.